The first kappa shape index (κ1) is 35.0. The molecule has 2 bridgehead atoms. The van der Waals surface area contributed by atoms with Crippen molar-refractivity contribution in [1.29, 1.82) is 0 Å². The zero-order chi connectivity index (χ0) is 36.5. The van der Waals surface area contributed by atoms with Crippen LogP contribution >= 0.6 is 0 Å². The molecule has 1 aromatic heterocycles. The smallest absolute Gasteiger partial charge is 0.347 e. The number of aliphatic hydroxyl groups excluding tert-OH is 1. The van der Waals surface area contributed by atoms with E-state index < -0.39 is 123 Å². The Kier molecular flexibility index (Phi) is 7.40. The van der Waals surface area contributed by atoms with Gasteiger partial charge in [-0.1, -0.05) is 13.8 Å². The van der Waals surface area contributed by atoms with Gasteiger partial charge in [0.15, 0.2) is 5.60 Å². The highest BCUT2D eigenvalue weighted by molar-refractivity contribution is 5.86. The minimum Gasteiger partial charge on any atom is -0.472 e. The highest BCUT2D eigenvalue weighted by atomic mass is 16.6. The Morgan fingerprint density at radius 3 is 2.12 bits per heavy atom. The van der Waals surface area contributed by atoms with Crippen LogP contribution in [-0.4, -0.2) is 109 Å². The van der Waals surface area contributed by atoms with E-state index in [0.717, 1.165) is 34.0 Å². The van der Waals surface area contributed by atoms with Crippen molar-refractivity contribution in [2.24, 2.45) is 22.2 Å². The molecule has 0 amide bonds. The van der Waals surface area contributed by atoms with Crippen LogP contribution in [0.3, 0.4) is 0 Å². The fourth-order valence-electron chi connectivity index (χ4n) is 10.8. The van der Waals surface area contributed by atoms with Gasteiger partial charge in [-0.15, -0.1) is 0 Å². The molecule has 268 valence electrons. The lowest BCUT2D eigenvalue weighted by Gasteiger charge is -2.75. The maximum Gasteiger partial charge on any atom is 0.347 e. The van der Waals surface area contributed by atoms with E-state index in [0.29, 0.717) is 0 Å². The normalized spacial score (nSPS) is 46.7. The minimum atomic E-state index is -3.16. The molecule has 0 radical (unpaired) electrons. The van der Waals surface area contributed by atoms with Crippen LogP contribution in [0.5, 0.6) is 0 Å². The Bertz CT molecular complexity index is 1670. The van der Waals surface area contributed by atoms with Gasteiger partial charge in [0.25, 0.3) is 0 Å². The first-order chi connectivity index (χ1) is 22.6. The number of hydrogen-bond acceptors (Lipinski definition) is 16. The molecule has 2 heterocycles. The van der Waals surface area contributed by atoms with Gasteiger partial charge in [-0.3, -0.25) is 14.4 Å². The fraction of sp³-hybridized carbons (Fsp3) is 0.667. The largest absolute Gasteiger partial charge is 0.472 e. The molecule has 5 aliphatic rings. The Morgan fingerprint density at radius 1 is 0.959 bits per heavy atom. The molecule has 13 atom stereocenters. The second-order valence-corrected chi connectivity index (χ2v) is 14.6. The van der Waals surface area contributed by atoms with Crippen LogP contribution in [0.1, 0.15) is 66.1 Å². The number of furan rings is 1. The molecule has 1 aromatic rings. The van der Waals surface area contributed by atoms with Crippen LogP contribution in [0.25, 0.3) is 0 Å². The molecule has 1 aliphatic heterocycles. The number of methoxy groups -OCH3 is 1. The third-order valence-corrected chi connectivity index (χ3v) is 12.4. The van der Waals surface area contributed by atoms with Crippen LogP contribution in [-0.2, 0) is 47.7 Å². The molecular weight excluding hydrogens is 652 g/mol. The predicted molar refractivity (Wildman–Crippen MR) is 157 cm³/mol. The summed E-state index contributed by atoms with van der Waals surface area (Å²) in [6.07, 6.45) is -7.41. The average Bonchev–Trinajstić information content (AvgIpc) is 3.65. The Balaban J connectivity index is 1.73. The topological polar surface area (TPSA) is 246 Å². The van der Waals surface area contributed by atoms with Crippen LogP contribution < -0.4 is 0 Å². The van der Waals surface area contributed by atoms with Gasteiger partial charge in [0, 0.05) is 55.6 Å². The van der Waals surface area contributed by atoms with Crippen molar-refractivity contribution in [2.45, 2.75) is 107 Å². The first-order valence-corrected chi connectivity index (χ1v) is 15.7. The van der Waals surface area contributed by atoms with E-state index in [1.807, 2.05) is 0 Å². The van der Waals surface area contributed by atoms with Gasteiger partial charge < -0.3 is 53.6 Å². The number of aliphatic hydroxyl groups is 5. The summed E-state index contributed by atoms with van der Waals surface area (Å²) in [7, 11) is 0.998. The third-order valence-electron chi connectivity index (χ3n) is 12.4. The van der Waals surface area contributed by atoms with Crippen molar-refractivity contribution in [1.82, 2.24) is 0 Å². The molecule has 5 N–H and O–H groups in total. The van der Waals surface area contributed by atoms with E-state index in [4.69, 9.17) is 28.1 Å². The van der Waals surface area contributed by atoms with Gasteiger partial charge in [0.05, 0.1) is 25.1 Å². The second-order valence-electron chi connectivity index (χ2n) is 14.6. The first-order valence-electron chi connectivity index (χ1n) is 15.7. The summed E-state index contributed by atoms with van der Waals surface area (Å²) in [6.45, 7) is 7.15. The molecule has 49 heavy (non-hydrogen) atoms. The molecule has 4 saturated carbocycles. The lowest BCUT2D eigenvalue weighted by molar-refractivity contribution is -0.422. The summed E-state index contributed by atoms with van der Waals surface area (Å²) < 4.78 is 32.8. The third kappa shape index (κ3) is 3.78. The quantitative estimate of drug-likeness (QED) is 0.187. The number of ether oxygens (including phenoxy) is 5. The highest BCUT2D eigenvalue weighted by Gasteiger charge is 2.98. The van der Waals surface area contributed by atoms with E-state index >= 15 is 0 Å². The molecule has 0 spiro atoms. The van der Waals surface area contributed by atoms with Gasteiger partial charge in [-0.25, -0.2) is 9.59 Å². The predicted octanol–water partition coefficient (Wildman–Crippen LogP) is -0.473. The zero-order valence-corrected chi connectivity index (χ0v) is 27.9. The van der Waals surface area contributed by atoms with Crippen LogP contribution in [0.2, 0.25) is 0 Å². The van der Waals surface area contributed by atoms with E-state index in [2.05, 4.69) is 0 Å². The van der Waals surface area contributed by atoms with Crippen molar-refractivity contribution >= 4 is 29.8 Å². The molecule has 6 rings (SSSR count). The van der Waals surface area contributed by atoms with E-state index in [-0.39, 0.29) is 5.56 Å². The van der Waals surface area contributed by atoms with Gasteiger partial charge in [-0.2, -0.15) is 0 Å². The molecule has 16 heteroatoms. The summed E-state index contributed by atoms with van der Waals surface area (Å²) in [5, 5.41) is 64.6. The van der Waals surface area contributed by atoms with Gasteiger partial charge in [-0.05, 0) is 25.0 Å². The number of fused-ring (bicyclic) bond motifs is 5. The zero-order valence-electron chi connectivity index (χ0n) is 27.9. The maximum absolute atomic E-state index is 13.5. The number of cyclic esters (lactones) is 1. The van der Waals surface area contributed by atoms with Gasteiger partial charge >= 0.3 is 29.8 Å². The molecular formula is C33H40O16. The van der Waals surface area contributed by atoms with Gasteiger partial charge in [0.2, 0.25) is 6.10 Å². The van der Waals surface area contributed by atoms with Crippen molar-refractivity contribution in [3.05, 3.63) is 35.8 Å². The van der Waals surface area contributed by atoms with Crippen LogP contribution in [0.4, 0.5) is 0 Å². The standard InChI is InChI=1S/C33H40O16/c1-14(34)46-19-11-30(40)29(6)22(21(24(38)44-7)47-15(2)35)27(4)13-31(29,41)33(43,26(27)48-16(3)36)25(39)32(30,42)18-10-20(37)49-23(28(18,19)5)17-8-9-45-12-17/h8-10,12,19,21-23,25-26,39-43H,11,13H2,1-7H3/t19-,21+,22-,23-,25+,26-,27-,28-,29-,30-,31+,32+,33+/m0/s1. The van der Waals surface area contributed by atoms with Crippen LogP contribution in [0.15, 0.2) is 34.7 Å². The van der Waals surface area contributed by atoms with Crippen molar-refractivity contribution in [3.8, 4) is 0 Å². The molecule has 4 fully saturated rings. The SMILES string of the molecule is COC(=O)[C@H](OC(C)=O)[C@H]1[C@]2(C)C[C@]3(O)[C@](O)([C@H]2OC(C)=O)[C@H](O)[C@]2(O)C4=CC(=O)O[C@@H](c5ccoc5)[C@]4(C)[C@@H](OC(C)=O)C[C@]2(O)[C@]13C. The van der Waals surface area contributed by atoms with E-state index in [1.165, 1.54) is 39.4 Å². The average molecular weight is 693 g/mol. The lowest BCUT2D eigenvalue weighted by atomic mass is 9.34. The molecule has 0 unspecified atom stereocenters. The highest BCUT2D eigenvalue weighted by Crippen LogP contribution is 2.83. The maximum atomic E-state index is 13.5. The summed E-state index contributed by atoms with van der Waals surface area (Å²) in [4.78, 5) is 64.6. The molecule has 0 saturated heterocycles. The fourth-order valence-corrected chi connectivity index (χ4v) is 10.8. The molecule has 4 aliphatic carbocycles. The van der Waals surface area contributed by atoms with Gasteiger partial charge in [0.1, 0.15) is 41.2 Å². The lowest BCUT2D eigenvalue weighted by Crippen LogP contribution is -2.93. The Morgan fingerprint density at radius 2 is 1.59 bits per heavy atom. The Labute approximate surface area is 279 Å². The summed E-state index contributed by atoms with van der Waals surface area (Å²) in [5.74, 6) is -6.67. The molecule has 16 nitrogen and oxygen atoms in total. The summed E-state index contributed by atoms with van der Waals surface area (Å²) in [5.41, 5.74) is -18.1. The van der Waals surface area contributed by atoms with E-state index in [1.54, 1.807) is 0 Å². The second kappa shape index (κ2) is 10.4. The van der Waals surface area contributed by atoms with Crippen molar-refractivity contribution < 1.29 is 77.6 Å². The molecule has 0 aromatic carbocycles. The van der Waals surface area contributed by atoms with Crippen molar-refractivity contribution in [2.75, 3.05) is 7.11 Å². The monoisotopic (exact) mass is 692 g/mol. The number of esters is 5. The Hall–Kier alpha value is -3.83. The summed E-state index contributed by atoms with van der Waals surface area (Å²) >= 11 is 0. The summed E-state index contributed by atoms with van der Waals surface area (Å²) in [6, 6.07) is 1.45. The van der Waals surface area contributed by atoms with Crippen molar-refractivity contribution in [3.63, 3.8) is 0 Å². The van der Waals surface area contributed by atoms with Crippen LogP contribution in [0, 0.1) is 22.2 Å². The number of carbonyl (C=O) groups excluding carboxylic acids is 5. The number of carbonyl (C=O) groups is 5. The number of rotatable bonds is 6. The minimum absolute atomic E-state index is 0.243. The number of hydrogen-bond donors (Lipinski definition) is 5. The van der Waals surface area contributed by atoms with E-state index in [9.17, 15) is 49.5 Å².